The van der Waals surface area contributed by atoms with Gasteiger partial charge in [-0.3, -0.25) is 4.79 Å². The number of nitrogens with one attached hydrogen (secondary N) is 3. The molecule has 1 fully saturated rings. The Balaban J connectivity index is 1.45. The molecule has 1 saturated heterocycles. The van der Waals surface area contributed by atoms with Gasteiger partial charge in [-0.15, -0.1) is 6.42 Å². The van der Waals surface area contributed by atoms with Crippen molar-refractivity contribution in [3.8, 4) is 23.8 Å². The van der Waals surface area contributed by atoms with Crippen molar-refractivity contribution in [3.63, 3.8) is 0 Å². The minimum absolute atomic E-state index is 0.0610. The van der Waals surface area contributed by atoms with Crippen LogP contribution < -0.4 is 24.6 Å². The minimum Gasteiger partial charge on any atom is -0.454 e. The smallest absolute Gasteiger partial charge is 0.276 e. The van der Waals surface area contributed by atoms with Crippen LogP contribution in [0.15, 0.2) is 18.2 Å². The normalized spacial score (nSPS) is 21.5. The van der Waals surface area contributed by atoms with E-state index in [0.29, 0.717) is 13.3 Å². The molecule has 6 nitrogen and oxygen atoms in total. The molecule has 2 aliphatic heterocycles. The van der Waals surface area contributed by atoms with Crippen molar-refractivity contribution in [2.45, 2.75) is 38.8 Å². The number of amides is 1. The summed E-state index contributed by atoms with van der Waals surface area (Å²) in [4.78, 5) is 15.3. The Bertz CT molecular complexity index is 701. The molecule has 0 radical (unpaired) electrons. The summed E-state index contributed by atoms with van der Waals surface area (Å²) < 4.78 is 10.8. The predicted molar refractivity (Wildman–Crippen MR) is 103 cm³/mol. The second kappa shape index (κ2) is 8.64. The van der Waals surface area contributed by atoms with Crippen molar-refractivity contribution in [2.24, 2.45) is 0 Å². The number of benzene rings is 1. The summed E-state index contributed by atoms with van der Waals surface area (Å²) in [6.45, 7) is 9.93. The van der Waals surface area contributed by atoms with Crippen LogP contribution in [0.5, 0.6) is 11.5 Å². The van der Waals surface area contributed by atoms with Crippen molar-refractivity contribution >= 4 is 5.91 Å². The summed E-state index contributed by atoms with van der Waals surface area (Å²) >= 11 is 0. The van der Waals surface area contributed by atoms with Gasteiger partial charge in [0.15, 0.2) is 18.0 Å². The third kappa shape index (κ3) is 4.74. The number of fused-ring (bicyclic) bond motifs is 1. The Morgan fingerprint density at radius 1 is 1.15 bits per heavy atom. The zero-order valence-corrected chi connectivity index (χ0v) is 16.4. The van der Waals surface area contributed by atoms with E-state index >= 15 is 0 Å². The highest BCUT2D eigenvalue weighted by molar-refractivity contribution is 5.78. The van der Waals surface area contributed by atoms with Crippen LogP contribution in [-0.4, -0.2) is 51.0 Å². The molecule has 3 rings (SSSR count). The van der Waals surface area contributed by atoms with Crippen LogP contribution in [0.4, 0.5) is 0 Å². The second-order valence-electron chi connectivity index (χ2n) is 7.52. The van der Waals surface area contributed by atoms with Crippen molar-refractivity contribution in [3.05, 3.63) is 23.8 Å². The first-order valence-electron chi connectivity index (χ1n) is 9.92. The van der Waals surface area contributed by atoms with Gasteiger partial charge >= 0.3 is 0 Å². The van der Waals surface area contributed by atoms with Crippen LogP contribution in [0.2, 0.25) is 0 Å². The third-order valence-corrected chi connectivity index (χ3v) is 5.83. The zero-order chi connectivity index (χ0) is 19.3. The van der Waals surface area contributed by atoms with E-state index in [1.54, 1.807) is 0 Å². The van der Waals surface area contributed by atoms with Gasteiger partial charge in [-0.2, -0.15) is 0 Å². The van der Waals surface area contributed by atoms with Crippen LogP contribution in [-0.2, 0) is 11.3 Å². The lowest BCUT2D eigenvalue weighted by molar-refractivity contribution is -1.02. The van der Waals surface area contributed by atoms with E-state index in [2.05, 4.69) is 23.4 Å². The molecule has 3 N–H and O–H groups in total. The molecular formula is C21H31N3O3+2. The molecule has 2 heterocycles. The molecule has 1 aromatic carbocycles. The maximum atomic E-state index is 12.4. The summed E-state index contributed by atoms with van der Waals surface area (Å²) in [6, 6.07) is 6.18. The molecule has 0 aliphatic carbocycles. The highest BCUT2D eigenvalue weighted by Crippen LogP contribution is 2.32. The van der Waals surface area contributed by atoms with E-state index in [1.165, 1.54) is 15.4 Å². The molecule has 1 aromatic rings. The Kier molecular flexibility index (Phi) is 6.25. The average molecular weight is 373 g/mol. The number of carbonyl (C=O) groups excluding carboxylic acids is 1. The topological polar surface area (TPSA) is 56.4 Å². The lowest BCUT2D eigenvalue weighted by Gasteiger charge is -2.31. The van der Waals surface area contributed by atoms with Crippen molar-refractivity contribution in [2.75, 3.05) is 39.5 Å². The van der Waals surface area contributed by atoms with Crippen LogP contribution in [0.1, 0.15) is 32.3 Å². The largest absolute Gasteiger partial charge is 0.454 e. The number of quaternary nitrogens is 2. The van der Waals surface area contributed by atoms with Gasteiger partial charge < -0.3 is 24.6 Å². The number of carbonyl (C=O) groups is 1. The van der Waals surface area contributed by atoms with Gasteiger partial charge in [-0.1, -0.05) is 19.8 Å². The number of ether oxygens (including phenoxy) is 2. The Morgan fingerprint density at radius 2 is 1.81 bits per heavy atom. The molecule has 0 saturated carbocycles. The van der Waals surface area contributed by atoms with E-state index in [-0.39, 0.29) is 5.91 Å². The number of rotatable bonds is 7. The highest BCUT2D eigenvalue weighted by atomic mass is 16.7. The average Bonchev–Trinajstić information content (AvgIpc) is 3.15. The number of terminal acetylenes is 1. The van der Waals surface area contributed by atoms with E-state index in [0.717, 1.165) is 57.1 Å². The molecule has 2 aliphatic rings. The number of piperazine rings is 1. The third-order valence-electron chi connectivity index (χ3n) is 5.83. The second-order valence-corrected chi connectivity index (χ2v) is 7.52. The minimum atomic E-state index is -0.497. The van der Waals surface area contributed by atoms with E-state index in [4.69, 9.17) is 15.9 Å². The molecule has 1 amide bonds. The van der Waals surface area contributed by atoms with Gasteiger partial charge in [-0.05, 0) is 31.0 Å². The Morgan fingerprint density at radius 3 is 2.48 bits per heavy atom. The fourth-order valence-corrected chi connectivity index (χ4v) is 3.86. The van der Waals surface area contributed by atoms with Crippen LogP contribution in [0, 0.1) is 12.3 Å². The van der Waals surface area contributed by atoms with Crippen LogP contribution in [0.25, 0.3) is 0 Å². The predicted octanol–water partition coefficient (Wildman–Crippen LogP) is -0.993. The summed E-state index contributed by atoms with van der Waals surface area (Å²) in [6.07, 6.45) is 7.16. The van der Waals surface area contributed by atoms with E-state index < -0.39 is 5.54 Å². The molecule has 27 heavy (non-hydrogen) atoms. The molecule has 0 atom stereocenters. The first-order chi connectivity index (χ1) is 13.1. The highest BCUT2D eigenvalue weighted by Gasteiger charge is 2.29. The summed E-state index contributed by atoms with van der Waals surface area (Å²) in [7, 11) is 0. The Labute approximate surface area is 161 Å². The fourth-order valence-electron chi connectivity index (χ4n) is 3.86. The van der Waals surface area contributed by atoms with Gasteiger partial charge in [0.2, 0.25) is 6.79 Å². The molecule has 0 aromatic heterocycles. The SMILES string of the molecule is C#CC(CC)(CC)NC(=O)C[NH+]1CC[NH+](Cc2ccc3c(c2)OCO3)CC1. The van der Waals surface area contributed by atoms with Gasteiger partial charge in [0, 0.05) is 5.56 Å². The molecule has 146 valence electrons. The molecular weight excluding hydrogens is 342 g/mol. The molecule has 6 heteroatoms. The maximum absolute atomic E-state index is 12.4. The molecule has 0 bridgehead atoms. The maximum Gasteiger partial charge on any atom is 0.276 e. The van der Waals surface area contributed by atoms with Gasteiger partial charge in [-0.25, -0.2) is 0 Å². The number of hydrogen-bond donors (Lipinski definition) is 3. The summed E-state index contributed by atoms with van der Waals surface area (Å²) in [5.41, 5.74) is 0.767. The first-order valence-corrected chi connectivity index (χ1v) is 9.92. The quantitative estimate of drug-likeness (QED) is 0.538. The lowest BCUT2D eigenvalue weighted by Crippen LogP contribution is -3.28. The standard InChI is InChI=1S/C21H29N3O3/c1-4-21(5-2,6-3)22-20(25)15-24-11-9-23(10-12-24)14-17-7-8-18-19(13-17)27-16-26-18/h1,7-8,13H,5-6,9-12,14-16H2,2-3H3,(H,22,25)/p+2. The van der Waals surface area contributed by atoms with Crippen molar-refractivity contribution < 1.29 is 24.1 Å². The Hall–Kier alpha value is -2.23. The monoisotopic (exact) mass is 373 g/mol. The van der Waals surface area contributed by atoms with Gasteiger partial charge in [0.1, 0.15) is 38.3 Å². The molecule has 0 spiro atoms. The van der Waals surface area contributed by atoms with Gasteiger partial charge in [0.25, 0.3) is 5.91 Å². The fraction of sp³-hybridized carbons (Fsp3) is 0.571. The number of hydrogen-bond acceptors (Lipinski definition) is 3. The van der Waals surface area contributed by atoms with E-state index in [9.17, 15) is 4.79 Å². The molecule has 0 unspecified atom stereocenters. The summed E-state index contributed by atoms with van der Waals surface area (Å²) in [5.74, 6) is 4.51. The van der Waals surface area contributed by atoms with Crippen LogP contribution in [0.3, 0.4) is 0 Å². The van der Waals surface area contributed by atoms with Crippen molar-refractivity contribution in [1.29, 1.82) is 0 Å². The van der Waals surface area contributed by atoms with Crippen LogP contribution >= 0.6 is 0 Å². The van der Waals surface area contributed by atoms with Gasteiger partial charge in [0.05, 0.1) is 0 Å². The zero-order valence-electron chi connectivity index (χ0n) is 16.4. The lowest BCUT2D eigenvalue weighted by atomic mass is 9.94. The first kappa shape index (κ1) is 19.5. The summed E-state index contributed by atoms with van der Waals surface area (Å²) in [5, 5.41) is 3.07. The van der Waals surface area contributed by atoms with E-state index in [1.807, 2.05) is 19.9 Å². The van der Waals surface area contributed by atoms with Crippen molar-refractivity contribution in [1.82, 2.24) is 5.32 Å².